The van der Waals surface area contributed by atoms with Gasteiger partial charge < -0.3 is 9.47 Å². The summed E-state index contributed by atoms with van der Waals surface area (Å²) in [5.41, 5.74) is 0.902. The van der Waals surface area contributed by atoms with Gasteiger partial charge in [-0.25, -0.2) is 36.4 Å². The van der Waals surface area contributed by atoms with E-state index < -0.39 is 46.1 Å². The molecule has 9 nitrogen and oxygen atoms in total. The van der Waals surface area contributed by atoms with Crippen molar-refractivity contribution >= 4 is 21.0 Å². The van der Waals surface area contributed by atoms with Gasteiger partial charge in [-0.1, -0.05) is 12.1 Å². The molecule has 3 heterocycles. The first-order valence-corrected chi connectivity index (χ1v) is 14.0. The van der Waals surface area contributed by atoms with Crippen LogP contribution in [0.1, 0.15) is 24.2 Å². The van der Waals surface area contributed by atoms with E-state index in [1.54, 1.807) is 13.8 Å². The number of methoxy groups -OCH3 is 1. The Morgan fingerprint density at radius 1 is 1.10 bits per heavy atom. The van der Waals surface area contributed by atoms with Gasteiger partial charge in [-0.15, -0.1) is 0 Å². The number of ether oxygens (including phenoxy) is 2. The second kappa shape index (κ2) is 11.1. The van der Waals surface area contributed by atoms with Gasteiger partial charge in [0.1, 0.15) is 15.7 Å². The standard InChI is InChI=1S/C26H27F3N4O5S/c1-5-38-25-21(37-3)11-10-19(31-25)20(14-39(4,35)36)33-24-23(32(26(33)34)13-22(28)29)15(2)18(12-30-24)16-6-8-17(27)9-7-16/h6-12,20,22H,5,13-14H2,1-4H3. The molecule has 0 radical (unpaired) electrons. The Kier molecular flexibility index (Phi) is 8.00. The lowest BCUT2D eigenvalue weighted by atomic mass is 10.0. The second-order valence-electron chi connectivity index (χ2n) is 8.92. The number of imidazole rings is 1. The summed E-state index contributed by atoms with van der Waals surface area (Å²) in [6.07, 6.45) is -0.438. The molecule has 1 atom stereocenters. The first kappa shape index (κ1) is 28.1. The summed E-state index contributed by atoms with van der Waals surface area (Å²) in [7, 11) is -2.30. The summed E-state index contributed by atoms with van der Waals surface area (Å²) in [6.45, 7) is 2.67. The van der Waals surface area contributed by atoms with E-state index in [0.29, 0.717) is 22.4 Å². The first-order valence-electron chi connectivity index (χ1n) is 11.9. The van der Waals surface area contributed by atoms with E-state index in [1.165, 1.54) is 49.7 Å². The van der Waals surface area contributed by atoms with Crippen LogP contribution in [-0.2, 0) is 16.4 Å². The summed E-state index contributed by atoms with van der Waals surface area (Å²) < 4.78 is 78.7. The molecule has 39 heavy (non-hydrogen) atoms. The highest BCUT2D eigenvalue weighted by atomic mass is 32.2. The molecule has 0 N–H and O–H groups in total. The average Bonchev–Trinajstić information content (AvgIpc) is 3.14. The number of aromatic nitrogens is 4. The van der Waals surface area contributed by atoms with Crippen molar-refractivity contribution in [3.05, 3.63) is 70.2 Å². The molecule has 4 rings (SSSR count). The predicted molar refractivity (Wildman–Crippen MR) is 140 cm³/mol. The third-order valence-corrected chi connectivity index (χ3v) is 7.08. The zero-order chi connectivity index (χ0) is 28.5. The van der Waals surface area contributed by atoms with Crippen LogP contribution in [-0.4, -0.2) is 59.7 Å². The minimum absolute atomic E-state index is 0.00763. The Bertz CT molecular complexity index is 1670. The summed E-state index contributed by atoms with van der Waals surface area (Å²) >= 11 is 0. The lowest BCUT2D eigenvalue weighted by Gasteiger charge is -2.19. The maximum Gasteiger partial charge on any atom is 0.331 e. The van der Waals surface area contributed by atoms with Crippen molar-refractivity contribution in [3.8, 4) is 22.8 Å². The quantitative estimate of drug-likeness (QED) is 0.287. The van der Waals surface area contributed by atoms with E-state index >= 15 is 0 Å². The largest absolute Gasteiger partial charge is 0.491 e. The molecular formula is C26H27F3N4O5S. The predicted octanol–water partition coefficient (Wildman–Crippen LogP) is 4.01. The zero-order valence-corrected chi connectivity index (χ0v) is 22.5. The summed E-state index contributed by atoms with van der Waals surface area (Å²) in [6, 6.07) is 7.33. The molecule has 0 saturated carbocycles. The highest BCUT2D eigenvalue weighted by Crippen LogP contribution is 2.33. The highest BCUT2D eigenvalue weighted by Gasteiger charge is 2.30. The molecule has 0 spiro atoms. The monoisotopic (exact) mass is 564 g/mol. The van der Waals surface area contributed by atoms with Crippen LogP contribution in [0.3, 0.4) is 0 Å². The van der Waals surface area contributed by atoms with Gasteiger partial charge >= 0.3 is 5.69 Å². The van der Waals surface area contributed by atoms with Gasteiger partial charge in [0.2, 0.25) is 0 Å². The molecule has 1 unspecified atom stereocenters. The van der Waals surface area contributed by atoms with Gasteiger partial charge in [0.15, 0.2) is 11.4 Å². The number of benzene rings is 1. The lowest BCUT2D eigenvalue weighted by molar-refractivity contribution is 0.126. The summed E-state index contributed by atoms with van der Waals surface area (Å²) in [4.78, 5) is 22.6. The van der Waals surface area contributed by atoms with Gasteiger partial charge in [0.05, 0.1) is 43.3 Å². The lowest BCUT2D eigenvalue weighted by Crippen LogP contribution is -2.33. The van der Waals surface area contributed by atoms with E-state index in [1.807, 2.05) is 0 Å². The number of nitrogens with zero attached hydrogens (tertiary/aromatic N) is 4. The number of alkyl halides is 2. The van der Waals surface area contributed by atoms with Crippen LogP contribution in [0.4, 0.5) is 13.2 Å². The van der Waals surface area contributed by atoms with Crippen LogP contribution >= 0.6 is 0 Å². The van der Waals surface area contributed by atoms with Crippen molar-refractivity contribution in [2.75, 3.05) is 25.7 Å². The van der Waals surface area contributed by atoms with Crippen LogP contribution in [0.5, 0.6) is 11.6 Å². The Balaban J connectivity index is 2.03. The van der Waals surface area contributed by atoms with Crippen LogP contribution in [0.2, 0.25) is 0 Å². The Hall–Kier alpha value is -3.87. The van der Waals surface area contributed by atoms with E-state index in [-0.39, 0.29) is 29.3 Å². The van der Waals surface area contributed by atoms with Gasteiger partial charge in [-0.05, 0) is 49.2 Å². The van der Waals surface area contributed by atoms with Gasteiger partial charge in [-0.2, -0.15) is 0 Å². The molecule has 0 aliphatic carbocycles. The third-order valence-electron chi connectivity index (χ3n) is 6.16. The smallest absolute Gasteiger partial charge is 0.331 e. The van der Waals surface area contributed by atoms with Crippen molar-refractivity contribution in [1.82, 2.24) is 19.1 Å². The molecular weight excluding hydrogens is 537 g/mol. The molecule has 13 heteroatoms. The molecule has 0 aliphatic rings. The van der Waals surface area contributed by atoms with Gasteiger partial charge in [0, 0.05) is 18.0 Å². The molecule has 0 aliphatic heterocycles. The fourth-order valence-corrected chi connectivity index (χ4v) is 5.40. The number of pyridine rings is 2. The topological polar surface area (TPSA) is 105 Å². The van der Waals surface area contributed by atoms with E-state index in [0.717, 1.165) is 15.4 Å². The maximum atomic E-state index is 13.7. The zero-order valence-electron chi connectivity index (χ0n) is 21.7. The first-order chi connectivity index (χ1) is 18.4. The summed E-state index contributed by atoms with van der Waals surface area (Å²) in [5.74, 6) is -0.633. The Morgan fingerprint density at radius 3 is 2.38 bits per heavy atom. The van der Waals surface area contributed by atoms with E-state index in [4.69, 9.17) is 9.47 Å². The second-order valence-corrected chi connectivity index (χ2v) is 11.1. The van der Waals surface area contributed by atoms with Gasteiger partial charge in [0.25, 0.3) is 12.3 Å². The van der Waals surface area contributed by atoms with Crippen LogP contribution in [0.15, 0.2) is 47.4 Å². The fraction of sp³-hybridized carbons (Fsp3) is 0.346. The number of fused-ring (bicyclic) bond motifs is 1. The molecule has 1 aromatic carbocycles. The minimum atomic E-state index is -3.72. The minimum Gasteiger partial charge on any atom is -0.491 e. The number of sulfone groups is 1. The van der Waals surface area contributed by atoms with Crippen molar-refractivity contribution in [3.63, 3.8) is 0 Å². The SMILES string of the molecule is CCOc1nc(C(CS(C)(=O)=O)n2c(=O)n(CC(F)F)c3c(C)c(-c4ccc(F)cc4)cnc32)ccc1OC. The maximum absolute atomic E-state index is 13.7. The number of hydrogen-bond donors (Lipinski definition) is 0. The molecule has 0 bridgehead atoms. The van der Waals surface area contributed by atoms with Crippen molar-refractivity contribution < 1.29 is 31.1 Å². The van der Waals surface area contributed by atoms with Crippen molar-refractivity contribution in [2.45, 2.75) is 32.9 Å². The molecule has 4 aromatic rings. The number of halogens is 3. The third kappa shape index (κ3) is 5.77. The molecule has 0 fully saturated rings. The number of aryl methyl sites for hydroxylation is 1. The fourth-order valence-electron chi connectivity index (χ4n) is 4.51. The Morgan fingerprint density at radius 2 is 1.79 bits per heavy atom. The number of rotatable bonds is 10. The molecule has 3 aromatic heterocycles. The van der Waals surface area contributed by atoms with Gasteiger partial charge in [-0.3, -0.25) is 9.13 Å². The van der Waals surface area contributed by atoms with Crippen molar-refractivity contribution in [2.24, 2.45) is 0 Å². The number of hydrogen-bond acceptors (Lipinski definition) is 7. The van der Waals surface area contributed by atoms with Crippen molar-refractivity contribution in [1.29, 1.82) is 0 Å². The summed E-state index contributed by atoms with van der Waals surface area (Å²) in [5, 5.41) is 0. The van der Waals surface area contributed by atoms with Crippen LogP contribution in [0.25, 0.3) is 22.3 Å². The van der Waals surface area contributed by atoms with Crippen LogP contribution in [0, 0.1) is 12.7 Å². The highest BCUT2D eigenvalue weighted by molar-refractivity contribution is 7.90. The molecule has 0 amide bonds. The van der Waals surface area contributed by atoms with E-state index in [9.17, 15) is 26.4 Å². The average molecular weight is 565 g/mol. The van der Waals surface area contributed by atoms with E-state index in [2.05, 4.69) is 9.97 Å². The Labute approximate surface area is 222 Å². The molecule has 208 valence electrons. The van der Waals surface area contributed by atoms with Crippen LogP contribution < -0.4 is 15.2 Å². The molecule has 0 saturated heterocycles. The normalized spacial score (nSPS) is 12.7.